The van der Waals surface area contributed by atoms with Crippen LogP contribution in [0.3, 0.4) is 0 Å². The summed E-state index contributed by atoms with van der Waals surface area (Å²) in [6, 6.07) is 0. The molecule has 0 radical (unpaired) electrons. The Bertz CT molecular complexity index is 209. The van der Waals surface area contributed by atoms with Gasteiger partial charge in [0.1, 0.15) is 12.2 Å². The first kappa shape index (κ1) is 10.1. The highest BCUT2D eigenvalue weighted by Crippen LogP contribution is 2.38. The van der Waals surface area contributed by atoms with Crippen molar-refractivity contribution in [3.63, 3.8) is 0 Å². The Morgan fingerprint density at radius 3 is 2.71 bits per heavy atom. The molecule has 0 amide bonds. The summed E-state index contributed by atoms with van der Waals surface area (Å²) in [4.78, 5) is 0. The topological polar surface area (TPSA) is 38.7 Å². The number of ether oxygens (including phenoxy) is 2. The summed E-state index contributed by atoms with van der Waals surface area (Å²) in [6.07, 6.45) is 6.22. The number of hydrogen-bond donors (Lipinski definition) is 1. The molecule has 1 spiro atoms. The van der Waals surface area contributed by atoms with Crippen LogP contribution in [-0.4, -0.2) is 29.7 Å². The number of aliphatic hydroxyl groups is 1. The lowest BCUT2D eigenvalue weighted by Crippen LogP contribution is -2.35. The quantitative estimate of drug-likeness (QED) is 0.685. The molecular formula is C11H18O3. The van der Waals surface area contributed by atoms with Crippen molar-refractivity contribution in [1.82, 2.24) is 0 Å². The molecule has 1 aliphatic heterocycles. The van der Waals surface area contributed by atoms with Gasteiger partial charge in [0.05, 0.1) is 6.61 Å². The van der Waals surface area contributed by atoms with Crippen LogP contribution in [0.15, 0.2) is 12.7 Å². The predicted molar refractivity (Wildman–Crippen MR) is 52.8 cm³/mol. The van der Waals surface area contributed by atoms with Gasteiger partial charge >= 0.3 is 0 Å². The maximum atomic E-state index is 9.55. The van der Waals surface area contributed by atoms with Crippen molar-refractivity contribution in [1.29, 1.82) is 0 Å². The van der Waals surface area contributed by atoms with Crippen LogP contribution in [0.5, 0.6) is 0 Å². The summed E-state index contributed by atoms with van der Waals surface area (Å²) in [5.41, 5.74) is 0. The average molecular weight is 198 g/mol. The van der Waals surface area contributed by atoms with E-state index in [1.807, 2.05) is 0 Å². The normalized spacial score (nSPS) is 33.1. The molecule has 1 saturated carbocycles. The van der Waals surface area contributed by atoms with Gasteiger partial charge in [0.15, 0.2) is 5.79 Å². The molecule has 2 fully saturated rings. The fourth-order valence-electron chi connectivity index (χ4n) is 2.25. The number of hydrogen-bond acceptors (Lipinski definition) is 3. The van der Waals surface area contributed by atoms with E-state index in [1.165, 1.54) is 12.5 Å². The van der Waals surface area contributed by atoms with E-state index >= 15 is 0 Å². The van der Waals surface area contributed by atoms with Crippen molar-refractivity contribution < 1.29 is 14.6 Å². The van der Waals surface area contributed by atoms with Gasteiger partial charge in [0.25, 0.3) is 0 Å². The first-order valence-electron chi connectivity index (χ1n) is 5.38. The third-order valence-electron chi connectivity index (χ3n) is 3.11. The Hall–Kier alpha value is -0.380. The third kappa shape index (κ3) is 1.85. The molecule has 80 valence electrons. The van der Waals surface area contributed by atoms with Crippen LogP contribution < -0.4 is 0 Å². The van der Waals surface area contributed by atoms with Gasteiger partial charge in [-0.05, 0) is 12.8 Å². The molecule has 0 aromatic heterocycles. The van der Waals surface area contributed by atoms with E-state index in [-0.39, 0.29) is 11.9 Å². The third-order valence-corrected chi connectivity index (χ3v) is 3.11. The van der Waals surface area contributed by atoms with Crippen LogP contribution in [0.25, 0.3) is 0 Å². The smallest absolute Gasteiger partial charge is 0.169 e. The molecule has 1 saturated heterocycles. The van der Waals surface area contributed by atoms with Gasteiger partial charge < -0.3 is 14.6 Å². The molecule has 0 bridgehead atoms. The molecular weight excluding hydrogens is 180 g/mol. The maximum absolute atomic E-state index is 9.55. The lowest BCUT2D eigenvalue weighted by Gasteiger charge is -2.32. The van der Waals surface area contributed by atoms with Crippen molar-refractivity contribution in [2.75, 3.05) is 6.61 Å². The largest absolute Gasteiger partial charge is 0.386 e. The van der Waals surface area contributed by atoms with E-state index in [4.69, 9.17) is 9.47 Å². The van der Waals surface area contributed by atoms with E-state index in [0.717, 1.165) is 25.7 Å². The summed E-state index contributed by atoms with van der Waals surface area (Å²) < 4.78 is 11.5. The molecule has 2 atom stereocenters. The SMILES string of the molecule is C=C[C@@H](O)[C@H]1COC2(CCCCC2)O1. The Morgan fingerprint density at radius 1 is 1.36 bits per heavy atom. The molecule has 3 heteroatoms. The van der Waals surface area contributed by atoms with Crippen LogP contribution in [0, 0.1) is 0 Å². The molecule has 1 N–H and O–H groups in total. The zero-order valence-corrected chi connectivity index (χ0v) is 8.45. The van der Waals surface area contributed by atoms with Gasteiger partial charge in [-0.25, -0.2) is 0 Å². The van der Waals surface area contributed by atoms with E-state index in [1.54, 1.807) is 0 Å². The Labute approximate surface area is 84.7 Å². The monoisotopic (exact) mass is 198 g/mol. The van der Waals surface area contributed by atoms with E-state index in [9.17, 15) is 5.11 Å². The summed E-state index contributed by atoms with van der Waals surface area (Å²) in [7, 11) is 0. The van der Waals surface area contributed by atoms with E-state index in [2.05, 4.69) is 6.58 Å². The molecule has 1 heterocycles. The number of aliphatic hydroxyl groups excluding tert-OH is 1. The highest BCUT2D eigenvalue weighted by molar-refractivity contribution is 4.91. The van der Waals surface area contributed by atoms with Crippen LogP contribution in [0.2, 0.25) is 0 Å². The van der Waals surface area contributed by atoms with Crippen LogP contribution in [-0.2, 0) is 9.47 Å². The minimum Gasteiger partial charge on any atom is -0.386 e. The van der Waals surface area contributed by atoms with Crippen LogP contribution in [0.4, 0.5) is 0 Å². The number of rotatable bonds is 2. The minimum atomic E-state index is -0.601. The highest BCUT2D eigenvalue weighted by atomic mass is 16.7. The maximum Gasteiger partial charge on any atom is 0.169 e. The summed E-state index contributed by atoms with van der Waals surface area (Å²) >= 11 is 0. The van der Waals surface area contributed by atoms with Gasteiger partial charge in [-0.2, -0.15) is 0 Å². The molecule has 2 rings (SSSR count). The van der Waals surface area contributed by atoms with Crippen LogP contribution >= 0.6 is 0 Å². The molecule has 2 aliphatic rings. The molecule has 0 aromatic rings. The minimum absolute atomic E-state index is 0.217. The lowest BCUT2D eigenvalue weighted by atomic mass is 9.94. The molecule has 14 heavy (non-hydrogen) atoms. The second kappa shape index (κ2) is 4.01. The molecule has 1 aliphatic carbocycles. The first-order valence-corrected chi connectivity index (χ1v) is 5.38. The van der Waals surface area contributed by atoms with Gasteiger partial charge in [-0.3, -0.25) is 0 Å². The van der Waals surface area contributed by atoms with E-state index < -0.39 is 6.10 Å². The van der Waals surface area contributed by atoms with Gasteiger partial charge in [0, 0.05) is 12.8 Å². The standard InChI is InChI=1S/C11H18O3/c1-2-9(12)10-8-13-11(14-10)6-4-3-5-7-11/h2,9-10,12H,1,3-8H2/t9-,10-/m1/s1. The summed E-state index contributed by atoms with van der Waals surface area (Å²) in [5, 5.41) is 9.55. The zero-order valence-electron chi connectivity index (χ0n) is 8.45. The average Bonchev–Trinajstić information content (AvgIpc) is 2.62. The first-order chi connectivity index (χ1) is 6.76. The highest BCUT2D eigenvalue weighted by Gasteiger charge is 2.43. The van der Waals surface area contributed by atoms with Gasteiger partial charge in [0.2, 0.25) is 0 Å². The van der Waals surface area contributed by atoms with Crippen molar-refractivity contribution in [3.05, 3.63) is 12.7 Å². The fraction of sp³-hybridized carbons (Fsp3) is 0.818. The van der Waals surface area contributed by atoms with E-state index in [0.29, 0.717) is 6.61 Å². The fourth-order valence-corrected chi connectivity index (χ4v) is 2.25. The second-order valence-corrected chi connectivity index (χ2v) is 4.16. The zero-order chi connectivity index (χ0) is 10.0. The van der Waals surface area contributed by atoms with Crippen molar-refractivity contribution in [2.24, 2.45) is 0 Å². The van der Waals surface area contributed by atoms with Crippen LogP contribution in [0.1, 0.15) is 32.1 Å². The molecule has 0 aromatic carbocycles. The Balaban J connectivity index is 1.95. The predicted octanol–water partition coefficient (Wildman–Crippen LogP) is 1.61. The molecule has 3 nitrogen and oxygen atoms in total. The molecule has 0 unspecified atom stereocenters. The summed E-state index contributed by atoms with van der Waals surface area (Å²) in [5.74, 6) is -0.382. The van der Waals surface area contributed by atoms with Crippen molar-refractivity contribution in [2.45, 2.75) is 50.1 Å². The lowest BCUT2D eigenvalue weighted by molar-refractivity contribution is -0.193. The second-order valence-electron chi connectivity index (χ2n) is 4.16. The summed E-state index contributed by atoms with van der Waals surface area (Å²) in [6.45, 7) is 4.05. The van der Waals surface area contributed by atoms with Crippen molar-refractivity contribution >= 4 is 0 Å². The Morgan fingerprint density at radius 2 is 2.07 bits per heavy atom. The van der Waals surface area contributed by atoms with Gasteiger partial charge in [-0.1, -0.05) is 12.5 Å². The van der Waals surface area contributed by atoms with Crippen molar-refractivity contribution in [3.8, 4) is 0 Å². The Kier molecular flexibility index (Phi) is 2.91. The van der Waals surface area contributed by atoms with Gasteiger partial charge in [-0.15, -0.1) is 6.58 Å².